The van der Waals surface area contributed by atoms with Gasteiger partial charge in [0.2, 0.25) is 0 Å². The standard InChI is InChI=1S/C20H25NO4/c1-4-5-14-21-17(15-10-7-6-8-11-15)13-9-12-16(19(22)24-2)18(21)20(23)25-3/h6-8,10-11,13H,4-5,9,12,14H2,1-3H3. The van der Waals surface area contributed by atoms with Crippen molar-refractivity contribution < 1.29 is 19.1 Å². The van der Waals surface area contributed by atoms with Crippen LogP contribution in [0.2, 0.25) is 0 Å². The topological polar surface area (TPSA) is 55.8 Å². The lowest BCUT2D eigenvalue weighted by Crippen LogP contribution is -2.30. The SMILES string of the molecule is CCCCN1C(c2ccccc2)=CCCC(C(=O)OC)=C1C(=O)OC. The van der Waals surface area contributed by atoms with Crippen molar-refractivity contribution in [1.82, 2.24) is 4.90 Å². The number of carbonyl (C=O) groups excluding carboxylic acids is 2. The molecule has 0 spiro atoms. The molecule has 134 valence electrons. The van der Waals surface area contributed by atoms with Crippen molar-refractivity contribution >= 4 is 17.6 Å². The fourth-order valence-corrected chi connectivity index (χ4v) is 2.95. The molecule has 0 atom stereocenters. The van der Waals surface area contributed by atoms with Crippen LogP contribution in [0.25, 0.3) is 5.70 Å². The van der Waals surface area contributed by atoms with Gasteiger partial charge in [-0.05, 0) is 24.8 Å². The number of rotatable bonds is 6. The van der Waals surface area contributed by atoms with E-state index in [9.17, 15) is 9.59 Å². The van der Waals surface area contributed by atoms with Crippen molar-refractivity contribution in [3.63, 3.8) is 0 Å². The molecule has 0 radical (unpaired) electrons. The summed E-state index contributed by atoms with van der Waals surface area (Å²) in [5, 5.41) is 0. The lowest BCUT2D eigenvalue weighted by atomic mass is 10.1. The molecular formula is C20H25NO4. The number of carbonyl (C=O) groups is 2. The molecule has 1 heterocycles. The molecule has 2 rings (SSSR count). The summed E-state index contributed by atoms with van der Waals surface area (Å²) < 4.78 is 9.90. The normalized spacial score (nSPS) is 14.7. The third-order valence-corrected chi connectivity index (χ3v) is 4.19. The molecule has 25 heavy (non-hydrogen) atoms. The van der Waals surface area contributed by atoms with Crippen LogP contribution in [-0.2, 0) is 19.1 Å². The fraction of sp³-hybridized carbons (Fsp3) is 0.400. The molecule has 0 unspecified atom stereocenters. The van der Waals surface area contributed by atoms with Crippen molar-refractivity contribution in [2.45, 2.75) is 32.6 Å². The highest BCUT2D eigenvalue weighted by molar-refractivity contribution is 6.01. The number of esters is 2. The Morgan fingerprint density at radius 2 is 1.76 bits per heavy atom. The van der Waals surface area contributed by atoms with E-state index in [-0.39, 0.29) is 5.70 Å². The number of methoxy groups -OCH3 is 2. The Balaban J connectivity index is 2.59. The van der Waals surface area contributed by atoms with E-state index in [0.29, 0.717) is 25.0 Å². The predicted octanol–water partition coefficient (Wildman–Crippen LogP) is 3.52. The number of ether oxygens (including phenoxy) is 2. The molecule has 0 saturated heterocycles. The highest BCUT2D eigenvalue weighted by Crippen LogP contribution is 2.32. The second kappa shape index (κ2) is 9.06. The number of allylic oxidation sites excluding steroid dienone is 1. The van der Waals surface area contributed by atoms with Gasteiger partial charge in [0.15, 0.2) is 0 Å². The molecular weight excluding hydrogens is 318 g/mol. The minimum atomic E-state index is -0.514. The third kappa shape index (κ3) is 4.29. The van der Waals surface area contributed by atoms with E-state index >= 15 is 0 Å². The van der Waals surface area contributed by atoms with Crippen LogP contribution in [0.3, 0.4) is 0 Å². The Morgan fingerprint density at radius 3 is 2.36 bits per heavy atom. The summed E-state index contributed by atoms with van der Waals surface area (Å²) in [6.07, 6.45) is 5.03. The molecule has 1 aliphatic rings. The minimum absolute atomic E-state index is 0.287. The molecule has 0 aromatic heterocycles. The zero-order valence-corrected chi connectivity index (χ0v) is 15.1. The Labute approximate surface area is 148 Å². The van der Waals surface area contributed by atoms with Gasteiger partial charge in [-0.3, -0.25) is 0 Å². The third-order valence-electron chi connectivity index (χ3n) is 4.19. The first-order chi connectivity index (χ1) is 12.1. The van der Waals surface area contributed by atoms with E-state index in [4.69, 9.17) is 9.47 Å². The van der Waals surface area contributed by atoms with E-state index in [2.05, 4.69) is 13.0 Å². The zero-order valence-electron chi connectivity index (χ0n) is 15.1. The molecule has 0 aliphatic carbocycles. The van der Waals surface area contributed by atoms with Crippen LogP contribution in [-0.4, -0.2) is 37.6 Å². The Morgan fingerprint density at radius 1 is 1.08 bits per heavy atom. The van der Waals surface area contributed by atoms with E-state index in [1.54, 1.807) is 0 Å². The van der Waals surface area contributed by atoms with Gasteiger partial charge in [-0.25, -0.2) is 9.59 Å². The quantitative estimate of drug-likeness (QED) is 0.740. The van der Waals surface area contributed by atoms with Crippen LogP contribution in [0.15, 0.2) is 47.7 Å². The summed E-state index contributed by atoms with van der Waals surface area (Å²) in [5.41, 5.74) is 2.59. The minimum Gasteiger partial charge on any atom is -0.466 e. The largest absolute Gasteiger partial charge is 0.466 e. The van der Waals surface area contributed by atoms with Gasteiger partial charge in [-0.15, -0.1) is 0 Å². The van der Waals surface area contributed by atoms with Crippen LogP contribution >= 0.6 is 0 Å². The molecule has 1 aromatic carbocycles. The number of benzene rings is 1. The summed E-state index contributed by atoms with van der Waals surface area (Å²) in [5.74, 6) is -0.996. The van der Waals surface area contributed by atoms with Gasteiger partial charge in [0.05, 0.1) is 19.8 Å². The number of hydrogen-bond acceptors (Lipinski definition) is 5. The molecule has 0 fully saturated rings. The van der Waals surface area contributed by atoms with Gasteiger partial charge in [0.25, 0.3) is 0 Å². The summed E-state index contributed by atoms with van der Waals surface area (Å²) in [6, 6.07) is 9.88. The molecule has 1 aliphatic heterocycles. The Kier molecular flexibility index (Phi) is 6.81. The predicted molar refractivity (Wildman–Crippen MR) is 96.3 cm³/mol. The number of unbranched alkanes of at least 4 members (excludes halogenated alkanes) is 1. The molecule has 0 saturated carbocycles. The summed E-state index contributed by atoms with van der Waals surface area (Å²) in [4.78, 5) is 26.7. The molecule has 0 N–H and O–H groups in total. The Bertz CT molecular complexity index is 676. The van der Waals surface area contributed by atoms with E-state index in [1.165, 1.54) is 14.2 Å². The Hall–Kier alpha value is -2.56. The monoisotopic (exact) mass is 343 g/mol. The maximum atomic E-state index is 12.5. The molecule has 0 amide bonds. The van der Waals surface area contributed by atoms with Gasteiger partial charge in [0.1, 0.15) is 5.70 Å². The van der Waals surface area contributed by atoms with Crippen molar-refractivity contribution in [1.29, 1.82) is 0 Å². The van der Waals surface area contributed by atoms with Crippen LogP contribution in [0.4, 0.5) is 0 Å². The van der Waals surface area contributed by atoms with Crippen molar-refractivity contribution in [2.24, 2.45) is 0 Å². The first-order valence-corrected chi connectivity index (χ1v) is 8.56. The lowest BCUT2D eigenvalue weighted by Gasteiger charge is -2.29. The lowest BCUT2D eigenvalue weighted by molar-refractivity contribution is -0.140. The van der Waals surface area contributed by atoms with E-state index in [1.807, 2.05) is 35.2 Å². The van der Waals surface area contributed by atoms with E-state index in [0.717, 1.165) is 24.1 Å². The van der Waals surface area contributed by atoms with Crippen LogP contribution in [0, 0.1) is 0 Å². The van der Waals surface area contributed by atoms with Gasteiger partial charge < -0.3 is 14.4 Å². The van der Waals surface area contributed by atoms with Gasteiger partial charge >= 0.3 is 11.9 Å². The second-order valence-corrected chi connectivity index (χ2v) is 5.81. The fourth-order valence-electron chi connectivity index (χ4n) is 2.95. The van der Waals surface area contributed by atoms with Gasteiger partial charge in [-0.2, -0.15) is 0 Å². The highest BCUT2D eigenvalue weighted by atomic mass is 16.5. The van der Waals surface area contributed by atoms with Crippen molar-refractivity contribution in [3.05, 3.63) is 53.2 Å². The van der Waals surface area contributed by atoms with Crippen LogP contribution < -0.4 is 0 Å². The van der Waals surface area contributed by atoms with Crippen molar-refractivity contribution in [3.8, 4) is 0 Å². The molecule has 5 nitrogen and oxygen atoms in total. The molecule has 5 heteroatoms. The summed E-state index contributed by atoms with van der Waals surface area (Å²) in [7, 11) is 2.66. The summed E-state index contributed by atoms with van der Waals surface area (Å²) >= 11 is 0. The van der Waals surface area contributed by atoms with Crippen LogP contribution in [0.5, 0.6) is 0 Å². The van der Waals surface area contributed by atoms with E-state index < -0.39 is 11.9 Å². The second-order valence-electron chi connectivity index (χ2n) is 5.81. The number of nitrogens with zero attached hydrogens (tertiary/aromatic N) is 1. The van der Waals surface area contributed by atoms with Crippen LogP contribution in [0.1, 0.15) is 38.2 Å². The highest BCUT2D eigenvalue weighted by Gasteiger charge is 2.31. The summed E-state index contributed by atoms with van der Waals surface area (Å²) in [6.45, 7) is 2.72. The average molecular weight is 343 g/mol. The van der Waals surface area contributed by atoms with Crippen molar-refractivity contribution in [2.75, 3.05) is 20.8 Å². The first-order valence-electron chi connectivity index (χ1n) is 8.56. The van der Waals surface area contributed by atoms with Gasteiger partial charge in [-0.1, -0.05) is 49.8 Å². The molecule has 1 aromatic rings. The average Bonchev–Trinajstić information content (AvgIpc) is 2.85. The first kappa shape index (κ1) is 18.8. The molecule has 0 bridgehead atoms. The number of hydrogen-bond donors (Lipinski definition) is 0. The zero-order chi connectivity index (χ0) is 18.2. The maximum absolute atomic E-state index is 12.5. The smallest absolute Gasteiger partial charge is 0.355 e. The maximum Gasteiger partial charge on any atom is 0.355 e. The van der Waals surface area contributed by atoms with Gasteiger partial charge in [0, 0.05) is 12.2 Å².